The van der Waals surface area contributed by atoms with E-state index in [1.165, 1.54) is 9.40 Å². The number of anilines is 1. The molecule has 0 amide bonds. The van der Waals surface area contributed by atoms with Crippen LogP contribution in [0.1, 0.15) is 6.92 Å². The highest BCUT2D eigenvalue weighted by Crippen LogP contribution is 2.36. The monoisotopic (exact) mass is 311 g/mol. The Hall–Kier alpha value is -1.98. The van der Waals surface area contributed by atoms with Gasteiger partial charge in [-0.15, -0.1) is 22.7 Å². The molecule has 0 aliphatic carbocycles. The highest BCUT2D eigenvalue weighted by atomic mass is 32.1. The van der Waals surface area contributed by atoms with Gasteiger partial charge < -0.3 is 5.32 Å². The zero-order valence-corrected chi connectivity index (χ0v) is 13.1. The van der Waals surface area contributed by atoms with Gasteiger partial charge in [0.1, 0.15) is 5.82 Å². The number of nitrogens with one attached hydrogen (secondary N) is 1. The van der Waals surface area contributed by atoms with Crippen molar-refractivity contribution in [2.24, 2.45) is 0 Å². The third-order valence-corrected chi connectivity index (χ3v) is 5.40. The minimum Gasteiger partial charge on any atom is -0.370 e. The Kier molecular flexibility index (Phi) is 3.09. The minimum absolute atomic E-state index is 0.804. The van der Waals surface area contributed by atoms with Crippen molar-refractivity contribution in [1.82, 2.24) is 9.97 Å². The normalized spacial score (nSPS) is 11.3. The molecule has 3 heterocycles. The van der Waals surface area contributed by atoms with E-state index in [0.29, 0.717) is 0 Å². The van der Waals surface area contributed by atoms with Crippen LogP contribution in [0.15, 0.2) is 41.8 Å². The van der Waals surface area contributed by atoms with E-state index in [1.807, 2.05) is 18.2 Å². The van der Waals surface area contributed by atoms with E-state index in [9.17, 15) is 0 Å². The second-order valence-corrected chi connectivity index (χ2v) is 6.73. The van der Waals surface area contributed by atoms with Gasteiger partial charge in [0.05, 0.1) is 10.4 Å². The number of fused-ring (bicyclic) bond motifs is 2. The van der Waals surface area contributed by atoms with Gasteiger partial charge in [-0.1, -0.05) is 12.1 Å². The van der Waals surface area contributed by atoms with Gasteiger partial charge in [0, 0.05) is 21.3 Å². The summed E-state index contributed by atoms with van der Waals surface area (Å²) in [6.45, 7) is 2.93. The average Bonchev–Trinajstić information content (AvgIpc) is 3.08. The Balaban J connectivity index is 1.93. The molecular weight excluding hydrogens is 298 g/mol. The van der Waals surface area contributed by atoms with Crippen LogP contribution in [0.4, 0.5) is 5.82 Å². The summed E-state index contributed by atoms with van der Waals surface area (Å²) in [7, 11) is 0. The van der Waals surface area contributed by atoms with Gasteiger partial charge in [0.2, 0.25) is 0 Å². The lowest BCUT2D eigenvalue weighted by atomic mass is 10.2. The summed E-state index contributed by atoms with van der Waals surface area (Å²) in [6.07, 6.45) is 0. The first-order valence-electron chi connectivity index (χ1n) is 6.83. The largest absolute Gasteiger partial charge is 0.370 e. The van der Waals surface area contributed by atoms with Gasteiger partial charge >= 0.3 is 0 Å². The van der Waals surface area contributed by atoms with Crippen LogP contribution in [-0.4, -0.2) is 16.5 Å². The van der Waals surface area contributed by atoms with E-state index in [-0.39, 0.29) is 0 Å². The van der Waals surface area contributed by atoms with E-state index in [0.717, 1.165) is 34.0 Å². The fourth-order valence-corrected chi connectivity index (χ4v) is 4.41. The molecule has 0 fully saturated rings. The molecule has 0 saturated carbocycles. The van der Waals surface area contributed by atoms with Crippen molar-refractivity contribution in [3.8, 4) is 10.7 Å². The molecule has 0 aliphatic heterocycles. The Labute approximate surface area is 130 Å². The van der Waals surface area contributed by atoms with Crippen LogP contribution in [0.25, 0.3) is 31.0 Å². The quantitative estimate of drug-likeness (QED) is 0.578. The van der Waals surface area contributed by atoms with E-state index in [1.54, 1.807) is 22.7 Å². The summed E-state index contributed by atoms with van der Waals surface area (Å²) in [5.41, 5.74) is 0.982. The lowest BCUT2D eigenvalue weighted by Gasteiger charge is -2.08. The SMILES string of the molecule is CCNc1nc(-c2cc3sccc3s2)nc2ccccc12. The van der Waals surface area contributed by atoms with Gasteiger partial charge in [0.15, 0.2) is 5.82 Å². The topological polar surface area (TPSA) is 37.8 Å². The van der Waals surface area contributed by atoms with Gasteiger partial charge in [-0.3, -0.25) is 0 Å². The first kappa shape index (κ1) is 12.7. The molecule has 0 spiro atoms. The van der Waals surface area contributed by atoms with Crippen molar-refractivity contribution in [1.29, 1.82) is 0 Å². The second-order valence-electron chi connectivity index (χ2n) is 4.70. The number of hydrogen-bond acceptors (Lipinski definition) is 5. The van der Waals surface area contributed by atoms with E-state index in [4.69, 9.17) is 9.97 Å². The maximum Gasteiger partial charge on any atom is 0.172 e. The van der Waals surface area contributed by atoms with Crippen LogP contribution in [-0.2, 0) is 0 Å². The molecule has 0 saturated heterocycles. The highest BCUT2D eigenvalue weighted by molar-refractivity contribution is 7.28. The number of benzene rings is 1. The van der Waals surface area contributed by atoms with Gasteiger partial charge in [0.25, 0.3) is 0 Å². The summed E-state index contributed by atoms with van der Waals surface area (Å²) in [4.78, 5) is 10.6. The number of rotatable bonds is 3. The zero-order valence-electron chi connectivity index (χ0n) is 11.5. The average molecular weight is 311 g/mol. The van der Waals surface area contributed by atoms with E-state index < -0.39 is 0 Å². The second kappa shape index (κ2) is 5.09. The first-order chi connectivity index (χ1) is 10.3. The summed E-state index contributed by atoms with van der Waals surface area (Å²) in [6, 6.07) is 12.5. The van der Waals surface area contributed by atoms with Gasteiger partial charge in [-0.05, 0) is 36.6 Å². The Morgan fingerprint density at radius 1 is 1.10 bits per heavy atom. The Bertz CT molecular complexity index is 895. The Morgan fingerprint density at radius 2 is 2.00 bits per heavy atom. The molecule has 5 heteroatoms. The van der Waals surface area contributed by atoms with Crippen molar-refractivity contribution in [2.45, 2.75) is 6.92 Å². The molecule has 0 radical (unpaired) electrons. The smallest absolute Gasteiger partial charge is 0.172 e. The van der Waals surface area contributed by atoms with Crippen LogP contribution in [0.2, 0.25) is 0 Å². The van der Waals surface area contributed by atoms with Crippen LogP contribution >= 0.6 is 22.7 Å². The number of nitrogens with zero attached hydrogens (tertiary/aromatic N) is 2. The molecule has 0 unspecified atom stereocenters. The molecule has 1 N–H and O–H groups in total. The molecule has 21 heavy (non-hydrogen) atoms. The van der Waals surface area contributed by atoms with Crippen LogP contribution in [0.5, 0.6) is 0 Å². The molecule has 104 valence electrons. The summed E-state index contributed by atoms with van der Waals surface area (Å²) in [5, 5.41) is 6.54. The molecule has 4 aromatic rings. The number of para-hydroxylation sites is 1. The lowest BCUT2D eigenvalue weighted by Crippen LogP contribution is -2.02. The van der Waals surface area contributed by atoms with E-state index >= 15 is 0 Å². The zero-order chi connectivity index (χ0) is 14.2. The molecular formula is C16H13N3S2. The molecule has 0 atom stereocenters. The first-order valence-corrected chi connectivity index (χ1v) is 8.53. The third-order valence-electron chi connectivity index (χ3n) is 3.31. The van der Waals surface area contributed by atoms with Crippen molar-refractivity contribution < 1.29 is 0 Å². The fourth-order valence-electron chi connectivity index (χ4n) is 2.36. The van der Waals surface area contributed by atoms with Crippen molar-refractivity contribution >= 4 is 48.8 Å². The van der Waals surface area contributed by atoms with Crippen molar-refractivity contribution in [3.05, 3.63) is 41.8 Å². The molecule has 3 aromatic heterocycles. The van der Waals surface area contributed by atoms with Crippen LogP contribution in [0, 0.1) is 0 Å². The number of thiophene rings is 2. The number of hydrogen-bond donors (Lipinski definition) is 1. The number of aromatic nitrogens is 2. The van der Waals surface area contributed by atoms with Crippen molar-refractivity contribution in [2.75, 3.05) is 11.9 Å². The standard InChI is InChI=1S/C16H13N3S2/c1-2-17-15-10-5-3-4-6-11(10)18-16(19-15)14-9-13-12(21-14)7-8-20-13/h3-9H,2H2,1H3,(H,17,18,19). The maximum absolute atomic E-state index is 4.73. The summed E-state index contributed by atoms with van der Waals surface area (Å²) >= 11 is 3.51. The Morgan fingerprint density at radius 3 is 2.86 bits per heavy atom. The molecule has 3 nitrogen and oxygen atoms in total. The maximum atomic E-state index is 4.73. The summed E-state index contributed by atoms with van der Waals surface area (Å²) in [5.74, 6) is 1.72. The summed E-state index contributed by atoms with van der Waals surface area (Å²) < 4.78 is 2.61. The fraction of sp³-hybridized carbons (Fsp3) is 0.125. The van der Waals surface area contributed by atoms with Crippen LogP contribution < -0.4 is 5.32 Å². The lowest BCUT2D eigenvalue weighted by molar-refractivity contribution is 1.15. The molecule has 1 aromatic carbocycles. The van der Waals surface area contributed by atoms with E-state index in [2.05, 4.69) is 35.8 Å². The third kappa shape index (κ3) is 2.18. The van der Waals surface area contributed by atoms with Gasteiger partial charge in [-0.25, -0.2) is 9.97 Å². The predicted molar refractivity (Wildman–Crippen MR) is 92.4 cm³/mol. The van der Waals surface area contributed by atoms with Gasteiger partial charge in [-0.2, -0.15) is 0 Å². The van der Waals surface area contributed by atoms with Crippen LogP contribution in [0.3, 0.4) is 0 Å². The molecule has 0 bridgehead atoms. The molecule has 0 aliphatic rings. The predicted octanol–water partition coefficient (Wildman–Crippen LogP) is 5.00. The van der Waals surface area contributed by atoms with Crippen molar-refractivity contribution in [3.63, 3.8) is 0 Å². The highest BCUT2D eigenvalue weighted by Gasteiger charge is 2.11. The minimum atomic E-state index is 0.804. The molecule has 4 rings (SSSR count).